The summed E-state index contributed by atoms with van der Waals surface area (Å²) in [6.07, 6.45) is 5.19. The van der Waals surface area contributed by atoms with Crippen molar-refractivity contribution in [3.63, 3.8) is 0 Å². The van der Waals surface area contributed by atoms with Gasteiger partial charge in [0.1, 0.15) is 4.32 Å². The van der Waals surface area contributed by atoms with Crippen LogP contribution in [0.4, 0.5) is 0 Å². The summed E-state index contributed by atoms with van der Waals surface area (Å²) >= 11 is 6.12. The van der Waals surface area contributed by atoms with Crippen molar-refractivity contribution in [2.75, 3.05) is 12.3 Å². The summed E-state index contributed by atoms with van der Waals surface area (Å²) < 4.78 is 32.2. The molecule has 22 heavy (non-hydrogen) atoms. The molecule has 0 bridgehead atoms. The van der Waals surface area contributed by atoms with Crippen molar-refractivity contribution in [1.82, 2.24) is 4.90 Å². The molecule has 1 aliphatic heterocycles. The van der Waals surface area contributed by atoms with Crippen molar-refractivity contribution in [2.24, 2.45) is 0 Å². The smallest absolute Gasteiger partial charge is 0.266 e. The Balaban J connectivity index is 2.04. The molecule has 1 aromatic rings. The van der Waals surface area contributed by atoms with Gasteiger partial charge in [-0.05, 0) is 11.6 Å². The van der Waals surface area contributed by atoms with Gasteiger partial charge in [-0.2, -0.15) is 0 Å². The molecule has 0 N–H and O–H groups in total. The van der Waals surface area contributed by atoms with E-state index in [0.717, 1.165) is 22.2 Å². The lowest BCUT2D eigenvalue weighted by molar-refractivity contribution is -0.122. The van der Waals surface area contributed by atoms with Crippen LogP contribution in [0.1, 0.15) is 5.56 Å². The van der Waals surface area contributed by atoms with E-state index in [2.05, 4.69) is 0 Å². The third kappa shape index (κ3) is 4.77. The molecule has 0 aromatic heterocycles. The fourth-order valence-electron chi connectivity index (χ4n) is 1.72. The predicted octanol–water partition coefficient (Wildman–Crippen LogP) is 1.99. The molecule has 0 radical (unpaired) electrons. The Morgan fingerprint density at radius 3 is 2.59 bits per heavy atom. The minimum atomic E-state index is -4.38. The summed E-state index contributed by atoms with van der Waals surface area (Å²) in [5.74, 6) is -1.02. The Morgan fingerprint density at radius 1 is 1.27 bits per heavy atom. The standard InChI is InChI=1S/C14H13NO4S3/c16-13-12(8-4-7-11-5-2-1-3-6-11)21-14(20)15(13)9-10-22(17,18)19/h1-8H,9-10H2,(H,17,18,19)/p-1/b7-4+,12-8-. The van der Waals surface area contributed by atoms with Crippen molar-refractivity contribution in [2.45, 2.75) is 0 Å². The van der Waals surface area contributed by atoms with Crippen molar-refractivity contribution in [3.8, 4) is 0 Å². The second kappa shape index (κ2) is 7.19. The van der Waals surface area contributed by atoms with Gasteiger partial charge in [0.25, 0.3) is 5.91 Å². The highest BCUT2D eigenvalue weighted by Gasteiger charge is 2.31. The first-order valence-electron chi connectivity index (χ1n) is 6.27. The maximum atomic E-state index is 12.1. The van der Waals surface area contributed by atoms with Crippen molar-refractivity contribution in [1.29, 1.82) is 0 Å². The minimum Gasteiger partial charge on any atom is -0.748 e. The van der Waals surface area contributed by atoms with Gasteiger partial charge < -0.3 is 4.55 Å². The van der Waals surface area contributed by atoms with Gasteiger partial charge in [-0.15, -0.1) is 0 Å². The molecule has 116 valence electrons. The van der Waals surface area contributed by atoms with E-state index in [0.29, 0.717) is 4.91 Å². The summed E-state index contributed by atoms with van der Waals surface area (Å²) in [5, 5.41) is 0. The molecule has 1 aliphatic rings. The van der Waals surface area contributed by atoms with E-state index < -0.39 is 15.9 Å². The van der Waals surface area contributed by atoms with Crippen LogP contribution in [0.15, 0.2) is 47.4 Å². The van der Waals surface area contributed by atoms with Gasteiger partial charge in [0, 0.05) is 6.54 Å². The van der Waals surface area contributed by atoms with Crippen LogP contribution in [-0.4, -0.2) is 40.4 Å². The average Bonchev–Trinajstić information content (AvgIpc) is 2.72. The molecule has 2 rings (SSSR count). The topological polar surface area (TPSA) is 77.5 Å². The number of carbonyl (C=O) groups is 1. The molecule has 0 atom stereocenters. The first kappa shape index (κ1) is 16.9. The Labute approximate surface area is 138 Å². The normalized spacial score (nSPS) is 17.9. The lowest BCUT2D eigenvalue weighted by Crippen LogP contribution is -2.32. The molecule has 0 aliphatic carbocycles. The summed E-state index contributed by atoms with van der Waals surface area (Å²) in [6, 6.07) is 9.57. The van der Waals surface area contributed by atoms with E-state index in [4.69, 9.17) is 12.2 Å². The Kier molecular flexibility index (Phi) is 5.52. The summed E-state index contributed by atoms with van der Waals surface area (Å²) in [6.45, 7) is -0.212. The zero-order valence-electron chi connectivity index (χ0n) is 11.3. The monoisotopic (exact) mass is 354 g/mol. The first-order valence-corrected chi connectivity index (χ1v) is 9.08. The van der Waals surface area contributed by atoms with Crippen LogP contribution in [0, 0.1) is 0 Å². The van der Waals surface area contributed by atoms with Crippen LogP contribution in [0.3, 0.4) is 0 Å². The van der Waals surface area contributed by atoms with Gasteiger partial charge >= 0.3 is 0 Å². The van der Waals surface area contributed by atoms with Crippen LogP contribution in [-0.2, 0) is 14.9 Å². The van der Waals surface area contributed by atoms with Crippen molar-refractivity contribution < 1.29 is 17.8 Å². The first-order chi connectivity index (χ1) is 10.4. The third-order valence-corrected chi connectivity index (χ3v) is 4.85. The van der Waals surface area contributed by atoms with Crippen LogP contribution >= 0.6 is 24.0 Å². The number of carbonyl (C=O) groups excluding carboxylic acids is 1. The average molecular weight is 354 g/mol. The van der Waals surface area contributed by atoms with E-state index in [1.54, 1.807) is 12.2 Å². The van der Waals surface area contributed by atoms with Crippen molar-refractivity contribution >= 4 is 50.4 Å². The molecule has 5 nitrogen and oxygen atoms in total. The number of benzene rings is 1. The SMILES string of the molecule is O=C1/C(=C/C=C/c2ccccc2)SC(=S)N1CCS(=O)(=O)[O-]. The third-order valence-electron chi connectivity index (χ3n) is 2.77. The van der Waals surface area contributed by atoms with E-state index in [-0.39, 0.29) is 16.8 Å². The van der Waals surface area contributed by atoms with Crippen LogP contribution in [0.25, 0.3) is 6.08 Å². The number of amides is 1. The molecule has 1 fully saturated rings. The molecule has 0 unspecified atom stereocenters. The minimum absolute atomic E-state index is 0.212. The molecular formula is C14H12NO4S3-. The van der Waals surface area contributed by atoms with E-state index in [9.17, 15) is 17.8 Å². The van der Waals surface area contributed by atoms with Gasteiger partial charge in [0.15, 0.2) is 0 Å². The molecule has 1 saturated heterocycles. The Bertz CT molecular complexity index is 739. The molecule has 1 heterocycles. The number of hydrogen-bond acceptors (Lipinski definition) is 6. The van der Waals surface area contributed by atoms with Gasteiger partial charge in [0.05, 0.1) is 20.8 Å². The highest BCUT2D eigenvalue weighted by molar-refractivity contribution is 8.26. The second-order valence-corrected chi connectivity index (χ2v) is 7.59. The lowest BCUT2D eigenvalue weighted by atomic mass is 10.2. The molecular weight excluding hydrogens is 342 g/mol. The maximum Gasteiger partial charge on any atom is 0.266 e. The number of hydrogen-bond donors (Lipinski definition) is 0. The summed E-state index contributed by atoms with van der Waals surface area (Å²) in [5.41, 5.74) is 0.992. The summed E-state index contributed by atoms with van der Waals surface area (Å²) in [7, 11) is -4.38. The number of rotatable bonds is 5. The van der Waals surface area contributed by atoms with Crippen LogP contribution in [0.5, 0.6) is 0 Å². The van der Waals surface area contributed by atoms with Crippen LogP contribution in [0.2, 0.25) is 0 Å². The maximum absolute atomic E-state index is 12.1. The molecule has 0 spiro atoms. The highest BCUT2D eigenvalue weighted by atomic mass is 32.2. The molecule has 1 amide bonds. The highest BCUT2D eigenvalue weighted by Crippen LogP contribution is 2.30. The van der Waals surface area contributed by atoms with E-state index in [1.807, 2.05) is 36.4 Å². The largest absolute Gasteiger partial charge is 0.748 e. The Morgan fingerprint density at radius 2 is 1.95 bits per heavy atom. The molecule has 1 aromatic carbocycles. The Hall–Kier alpha value is -1.48. The number of thioether (sulfide) groups is 1. The van der Waals surface area contributed by atoms with E-state index in [1.165, 1.54) is 0 Å². The summed E-state index contributed by atoms with van der Waals surface area (Å²) in [4.78, 5) is 13.6. The van der Waals surface area contributed by atoms with Gasteiger partial charge in [-0.1, -0.05) is 66.5 Å². The number of nitrogens with zero attached hydrogens (tertiary/aromatic N) is 1. The molecule has 8 heteroatoms. The molecule has 0 saturated carbocycles. The zero-order chi connectivity index (χ0) is 16.2. The van der Waals surface area contributed by atoms with Gasteiger partial charge in [-0.3, -0.25) is 9.69 Å². The van der Waals surface area contributed by atoms with Gasteiger partial charge in [0.2, 0.25) is 0 Å². The van der Waals surface area contributed by atoms with Crippen LogP contribution < -0.4 is 0 Å². The fraction of sp³-hybridized carbons (Fsp3) is 0.143. The number of thiocarbonyl (C=S) groups is 1. The zero-order valence-corrected chi connectivity index (χ0v) is 13.8. The van der Waals surface area contributed by atoms with Gasteiger partial charge in [-0.25, -0.2) is 8.42 Å². The van der Waals surface area contributed by atoms with E-state index >= 15 is 0 Å². The second-order valence-electron chi connectivity index (χ2n) is 4.39. The lowest BCUT2D eigenvalue weighted by Gasteiger charge is -2.15. The number of allylic oxidation sites excluding steroid dienone is 2. The predicted molar refractivity (Wildman–Crippen MR) is 90.0 cm³/mol. The van der Waals surface area contributed by atoms with Crippen molar-refractivity contribution in [3.05, 3.63) is 53.0 Å². The quantitative estimate of drug-likeness (QED) is 0.457. The fourth-order valence-corrected chi connectivity index (χ4v) is 3.39.